The van der Waals surface area contributed by atoms with Crippen molar-refractivity contribution in [2.24, 2.45) is 0 Å². The molecule has 1 aromatic heterocycles. The van der Waals surface area contributed by atoms with Crippen molar-refractivity contribution in [3.05, 3.63) is 46.3 Å². The SMILES string of the molecule is Clc1nc(C2CCCCC2)c(Cl)nc1-c1ccccc1. The lowest BCUT2D eigenvalue weighted by Gasteiger charge is -2.22. The number of halogens is 2. The normalized spacial score (nSPS) is 16.3. The summed E-state index contributed by atoms with van der Waals surface area (Å²) in [5, 5.41) is 0.946. The van der Waals surface area contributed by atoms with Crippen LogP contribution < -0.4 is 0 Å². The summed E-state index contributed by atoms with van der Waals surface area (Å²) in [5.74, 6) is 0.408. The third-order valence-electron chi connectivity index (χ3n) is 3.87. The standard InChI is InChI=1S/C16H16Cl2N2/c17-15-13(11-7-3-1-4-8-11)19-16(18)14(20-15)12-9-5-2-6-10-12/h1,3-4,7-8,12H,2,5-6,9-10H2. The number of aromatic nitrogens is 2. The van der Waals surface area contributed by atoms with Crippen LogP contribution >= 0.6 is 23.2 Å². The Hall–Kier alpha value is -1.12. The third kappa shape index (κ3) is 2.82. The van der Waals surface area contributed by atoms with E-state index in [0.29, 0.717) is 21.9 Å². The van der Waals surface area contributed by atoms with Crippen LogP contribution in [0.15, 0.2) is 30.3 Å². The summed E-state index contributed by atoms with van der Waals surface area (Å²) in [6.45, 7) is 0. The summed E-state index contributed by atoms with van der Waals surface area (Å²) in [5.41, 5.74) is 2.48. The van der Waals surface area contributed by atoms with E-state index in [1.54, 1.807) is 0 Å². The topological polar surface area (TPSA) is 25.8 Å². The van der Waals surface area contributed by atoms with Crippen LogP contribution in [0.1, 0.15) is 43.7 Å². The highest BCUT2D eigenvalue weighted by molar-refractivity contribution is 6.33. The molecule has 1 aliphatic carbocycles. The molecule has 0 spiro atoms. The van der Waals surface area contributed by atoms with Gasteiger partial charge in [0.05, 0.1) is 5.69 Å². The maximum Gasteiger partial charge on any atom is 0.155 e. The number of rotatable bonds is 2. The number of hydrogen-bond acceptors (Lipinski definition) is 2. The quantitative estimate of drug-likeness (QED) is 0.732. The van der Waals surface area contributed by atoms with Crippen LogP contribution in [0.3, 0.4) is 0 Å². The van der Waals surface area contributed by atoms with Gasteiger partial charge in [-0.15, -0.1) is 0 Å². The van der Waals surface area contributed by atoms with Crippen LogP contribution in [-0.2, 0) is 0 Å². The first kappa shape index (κ1) is 13.8. The molecule has 0 aliphatic heterocycles. The van der Waals surface area contributed by atoms with Gasteiger partial charge in [-0.05, 0) is 12.8 Å². The highest BCUT2D eigenvalue weighted by Gasteiger charge is 2.22. The van der Waals surface area contributed by atoms with E-state index in [2.05, 4.69) is 9.97 Å². The average Bonchev–Trinajstić information content (AvgIpc) is 2.51. The van der Waals surface area contributed by atoms with Gasteiger partial charge in [0, 0.05) is 11.5 Å². The molecule has 0 radical (unpaired) electrons. The monoisotopic (exact) mass is 306 g/mol. The Morgan fingerprint density at radius 1 is 0.850 bits per heavy atom. The summed E-state index contributed by atoms with van der Waals surface area (Å²) in [6.07, 6.45) is 6.05. The van der Waals surface area contributed by atoms with Crippen molar-refractivity contribution in [1.29, 1.82) is 0 Å². The summed E-state index contributed by atoms with van der Waals surface area (Å²) < 4.78 is 0. The Morgan fingerprint density at radius 3 is 2.25 bits per heavy atom. The van der Waals surface area contributed by atoms with Crippen molar-refractivity contribution >= 4 is 23.2 Å². The molecule has 1 saturated carbocycles. The average molecular weight is 307 g/mol. The molecule has 0 bridgehead atoms. The molecule has 0 N–H and O–H groups in total. The molecule has 0 unspecified atom stereocenters. The molecule has 0 saturated heterocycles. The Labute approximate surface area is 129 Å². The Morgan fingerprint density at radius 2 is 1.55 bits per heavy atom. The first-order valence-corrected chi connectivity index (χ1v) is 7.79. The van der Waals surface area contributed by atoms with Crippen LogP contribution in [0.25, 0.3) is 11.3 Å². The molecule has 3 rings (SSSR count). The molecule has 1 heterocycles. The maximum absolute atomic E-state index is 6.35. The van der Waals surface area contributed by atoms with Gasteiger partial charge in [-0.3, -0.25) is 0 Å². The van der Waals surface area contributed by atoms with Gasteiger partial charge in [0.15, 0.2) is 10.3 Å². The fraction of sp³-hybridized carbons (Fsp3) is 0.375. The zero-order valence-corrected chi connectivity index (χ0v) is 12.7. The van der Waals surface area contributed by atoms with E-state index in [9.17, 15) is 0 Å². The number of nitrogens with zero attached hydrogens (tertiary/aromatic N) is 2. The molecular weight excluding hydrogens is 291 g/mol. The van der Waals surface area contributed by atoms with Crippen LogP contribution in [0.4, 0.5) is 0 Å². The lowest BCUT2D eigenvalue weighted by molar-refractivity contribution is 0.436. The molecule has 20 heavy (non-hydrogen) atoms. The summed E-state index contributed by atoms with van der Waals surface area (Å²) in [4.78, 5) is 9.03. The summed E-state index contributed by atoms with van der Waals surface area (Å²) in [6, 6.07) is 9.80. The van der Waals surface area contributed by atoms with E-state index in [4.69, 9.17) is 23.2 Å². The maximum atomic E-state index is 6.35. The Kier molecular flexibility index (Phi) is 4.23. The van der Waals surface area contributed by atoms with E-state index in [0.717, 1.165) is 24.1 Å². The number of hydrogen-bond donors (Lipinski definition) is 0. The van der Waals surface area contributed by atoms with E-state index < -0.39 is 0 Å². The van der Waals surface area contributed by atoms with Crippen molar-refractivity contribution in [2.75, 3.05) is 0 Å². The van der Waals surface area contributed by atoms with Crippen molar-refractivity contribution in [2.45, 2.75) is 38.0 Å². The minimum absolute atomic E-state index is 0.408. The van der Waals surface area contributed by atoms with Gasteiger partial charge in [-0.1, -0.05) is 72.8 Å². The molecule has 1 aliphatic rings. The van der Waals surface area contributed by atoms with Crippen LogP contribution in [0.5, 0.6) is 0 Å². The highest BCUT2D eigenvalue weighted by Crippen LogP contribution is 2.37. The lowest BCUT2D eigenvalue weighted by Crippen LogP contribution is -2.09. The van der Waals surface area contributed by atoms with E-state index in [1.165, 1.54) is 19.3 Å². The van der Waals surface area contributed by atoms with Crippen LogP contribution in [0, 0.1) is 0 Å². The van der Waals surface area contributed by atoms with Gasteiger partial charge < -0.3 is 0 Å². The van der Waals surface area contributed by atoms with E-state index in [-0.39, 0.29) is 0 Å². The summed E-state index contributed by atoms with van der Waals surface area (Å²) in [7, 11) is 0. The van der Waals surface area contributed by atoms with Crippen molar-refractivity contribution in [3.8, 4) is 11.3 Å². The predicted octanol–water partition coefficient (Wildman–Crippen LogP) is 5.50. The third-order valence-corrected chi connectivity index (χ3v) is 4.42. The largest absolute Gasteiger partial charge is 0.235 e. The Bertz CT molecular complexity index is 593. The van der Waals surface area contributed by atoms with Gasteiger partial charge in [0.1, 0.15) is 5.69 Å². The van der Waals surface area contributed by atoms with Crippen molar-refractivity contribution < 1.29 is 0 Å². The fourth-order valence-electron chi connectivity index (χ4n) is 2.82. The first-order valence-electron chi connectivity index (χ1n) is 7.04. The van der Waals surface area contributed by atoms with Gasteiger partial charge in [0.25, 0.3) is 0 Å². The molecule has 1 aromatic carbocycles. The molecule has 1 fully saturated rings. The molecule has 104 valence electrons. The first-order chi connectivity index (χ1) is 9.75. The second-order valence-corrected chi connectivity index (χ2v) is 5.96. The van der Waals surface area contributed by atoms with Crippen molar-refractivity contribution in [3.63, 3.8) is 0 Å². The zero-order valence-electron chi connectivity index (χ0n) is 11.1. The number of benzene rings is 1. The molecule has 4 heteroatoms. The minimum atomic E-state index is 0.408. The second-order valence-electron chi connectivity index (χ2n) is 5.24. The lowest BCUT2D eigenvalue weighted by atomic mass is 9.87. The molecular formula is C16H16Cl2N2. The predicted molar refractivity (Wildman–Crippen MR) is 83.3 cm³/mol. The van der Waals surface area contributed by atoms with Gasteiger partial charge in [-0.25, -0.2) is 9.97 Å². The fourth-order valence-corrected chi connectivity index (χ4v) is 3.35. The van der Waals surface area contributed by atoms with E-state index >= 15 is 0 Å². The molecule has 2 aromatic rings. The summed E-state index contributed by atoms with van der Waals surface area (Å²) >= 11 is 12.7. The zero-order chi connectivity index (χ0) is 13.9. The molecule has 0 amide bonds. The Balaban J connectivity index is 1.98. The molecule has 0 atom stereocenters. The molecule has 2 nitrogen and oxygen atoms in total. The van der Waals surface area contributed by atoms with Gasteiger partial charge in [-0.2, -0.15) is 0 Å². The highest BCUT2D eigenvalue weighted by atomic mass is 35.5. The van der Waals surface area contributed by atoms with Crippen molar-refractivity contribution in [1.82, 2.24) is 9.97 Å². The van der Waals surface area contributed by atoms with Gasteiger partial charge in [0.2, 0.25) is 0 Å². The smallest absolute Gasteiger partial charge is 0.155 e. The van der Waals surface area contributed by atoms with Gasteiger partial charge >= 0.3 is 0 Å². The minimum Gasteiger partial charge on any atom is -0.235 e. The second kappa shape index (κ2) is 6.11. The van der Waals surface area contributed by atoms with Crippen LogP contribution in [-0.4, -0.2) is 9.97 Å². The van der Waals surface area contributed by atoms with E-state index in [1.807, 2.05) is 30.3 Å². The van der Waals surface area contributed by atoms with Crippen LogP contribution in [0.2, 0.25) is 10.3 Å².